The van der Waals surface area contributed by atoms with E-state index < -0.39 is 6.04 Å². The number of carbonyl (C=O) groups is 2. The van der Waals surface area contributed by atoms with Crippen molar-refractivity contribution < 1.29 is 19.1 Å². The number of fused-ring (bicyclic) bond motifs is 1. The monoisotopic (exact) mass is 456 g/mol. The van der Waals surface area contributed by atoms with Crippen LogP contribution in [0.25, 0.3) is 6.08 Å². The fourth-order valence-electron chi connectivity index (χ4n) is 3.60. The zero-order valence-corrected chi connectivity index (χ0v) is 19.5. The van der Waals surface area contributed by atoms with Gasteiger partial charge in [-0.2, -0.15) is 0 Å². The van der Waals surface area contributed by atoms with Gasteiger partial charge in [-0.3, -0.25) is 9.59 Å². The zero-order chi connectivity index (χ0) is 24.1. The molecule has 0 aromatic heterocycles. The molecule has 0 radical (unpaired) electrons. The Bertz CT molecular complexity index is 1200. The Morgan fingerprint density at radius 1 is 0.882 bits per heavy atom. The predicted octanol–water partition coefficient (Wildman–Crippen LogP) is 5.36. The predicted molar refractivity (Wildman–Crippen MR) is 133 cm³/mol. The second-order valence-electron chi connectivity index (χ2n) is 8.56. The first-order chi connectivity index (χ1) is 16.4. The Hall–Kier alpha value is -4.06. The Labute approximate surface area is 199 Å². The van der Waals surface area contributed by atoms with Crippen molar-refractivity contribution >= 4 is 23.6 Å². The highest BCUT2D eigenvalue weighted by Gasteiger charge is 2.22. The van der Waals surface area contributed by atoms with Crippen molar-refractivity contribution in [3.8, 4) is 11.5 Å². The second-order valence-corrected chi connectivity index (χ2v) is 8.56. The molecule has 1 aliphatic rings. The van der Waals surface area contributed by atoms with Crippen molar-refractivity contribution in [3.05, 3.63) is 95.1 Å². The normalized spacial score (nSPS) is 13.2. The molecule has 0 saturated carbocycles. The fourth-order valence-corrected chi connectivity index (χ4v) is 3.60. The van der Waals surface area contributed by atoms with Crippen LogP contribution in [0.2, 0.25) is 0 Å². The number of nitrogens with one attached hydrogen (secondary N) is 2. The minimum Gasteiger partial charge on any atom is -0.454 e. The van der Waals surface area contributed by atoms with Crippen molar-refractivity contribution in [1.29, 1.82) is 0 Å². The molecule has 6 heteroatoms. The summed E-state index contributed by atoms with van der Waals surface area (Å²) in [5.41, 5.74) is 4.43. The summed E-state index contributed by atoms with van der Waals surface area (Å²) in [6, 6.07) is 19.9. The number of hydrogen-bond acceptors (Lipinski definition) is 4. The summed E-state index contributed by atoms with van der Waals surface area (Å²) in [5.74, 6) is 1.03. The molecular formula is C28H28N2O4. The van der Waals surface area contributed by atoms with E-state index in [9.17, 15) is 9.59 Å². The van der Waals surface area contributed by atoms with Crippen LogP contribution in [0, 0.1) is 6.92 Å². The lowest BCUT2D eigenvalue weighted by molar-refractivity contribution is -0.123. The minimum absolute atomic E-state index is 0.191. The van der Waals surface area contributed by atoms with Gasteiger partial charge in [-0.15, -0.1) is 0 Å². The van der Waals surface area contributed by atoms with Gasteiger partial charge in [0, 0.05) is 11.8 Å². The average molecular weight is 457 g/mol. The second kappa shape index (κ2) is 10.3. The summed E-state index contributed by atoms with van der Waals surface area (Å²) < 4.78 is 10.7. The summed E-state index contributed by atoms with van der Waals surface area (Å²) in [7, 11) is 0. The van der Waals surface area contributed by atoms with Crippen molar-refractivity contribution in [2.45, 2.75) is 32.7 Å². The van der Waals surface area contributed by atoms with Gasteiger partial charge in [0.1, 0.15) is 6.04 Å². The average Bonchev–Trinajstić information content (AvgIpc) is 3.30. The molecule has 2 N–H and O–H groups in total. The van der Waals surface area contributed by atoms with E-state index in [0.29, 0.717) is 28.7 Å². The Kier molecular flexibility index (Phi) is 6.97. The van der Waals surface area contributed by atoms with E-state index in [0.717, 1.165) is 11.1 Å². The van der Waals surface area contributed by atoms with Gasteiger partial charge >= 0.3 is 0 Å². The molecule has 1 atom stereocenters. The van der Waals surface area contributed by atoms with Crippen LogP contribution < -0.4 is 20.1 Å². The molecule has 4 rings (SSSR count). The maximum atomic E-state index is 13.2. The maximum absolute atomic E-state index is 13.2. The first-order valence-corrected chi connectivity index (χ1v) is 11.2. The summed E-state index contributed by atoms with van der Waals surface area (Å²) in [4.78, 5) is 25.9. The van der Waals surface area contributed by atoms with E-state index in [1.54, 1.807) is 18.2 Å². The molecule has 1 heterocycles. The van der Waals surface area contributed by atoms with E-state index in [2.05, 4.69) is 24.5 Å². The van der Waals surface area contributed by atoms with Gasteiger partial charge in [0.2, 0.25) is 12.7 Å². The Morgan fingerprint density at radius 2 is 1.56 bits per heavy atom. The standard InChI is InChI=1S/C28H28N2O4/c1-18(2)21-10-12-23(13-11-21)29-28(32)27(22-8-4-19(3)5-9-22)30-26(31)15-7-20-6-14-24-25(16-20)34-17-33-24/h4-16,18,27H,17H2,1-3H3,(H,29,32)(H,30,31)/b15-7+/t27-/m0/s1. The number of anilines is 1. The van der Waals surface area contributed by atoms with E-state index in [1.165, 1.54) is 11.6 Å². The molecule has 0 spiro atoms. The number of rotatable bonds is 7. The van der Waals surface area contributed by atoms with Gasteiger partial charge < -0.3 is 20.1 Å². The molecule has 2 amide bonds. The van der Waals surface area contributed by atoms with Crippen LogP contribution in [0.4, 0.5) is 5.69 Å². The SMILES string of the molecule is Cc1ccc([C@H](NC(=O)/C=C/c2ccc3c(c2)OCO3)C(=O)Nc2ccc(C(C)C)cc2)cc1. The third-order valence-corrected chi connectivity index (χ3v) is 5.63. The summed E-state index contributed by atoms with van der Waals surface area (Å²) in [6.45, 7) is 6.40. The summed E-state index contributed by atoms with van der Waals surface area (Å²) in [6.07, 6.45) is 3.08. The molecule has 6 nitrogen and oxygen atoms in total. The maximum Gasteiger partial charge on any atom is 0.251 e. The molecular weight excluding hydrogens is 428 g/mol. The summed E-state index contributed by atoms with van der Waals surface area (Å²) >= 11 is 0. The van der Waals surface area contributed by atoms with Crippen LogP contribution in [0.15, 0.2) is 72.8 Å². The molecule has 174 valence electrons. The Morgan fingerprint density at radius 3 is 2.26 bits per heavy atom. The first kappa shape index (κ1) is 23.1. The van der Waals surface area contributed by atoms with Gasteiger partial charge in [0.25, 0.3) is 5.91 Å². The highest BCUT2D eigenvalue weighted by Crippen LogP contribution is 2.32. The van der Waals surface area contributed by atoms with E-state index in [4.69, 9.17) is 9.47 Å². The number of hydrogen-bond donors (Lipinski definition) is 2. The van der Waals surface area contributed by atoms with Gasteiger partial charge in [-0.05, 0) is 59.9 Å². The van der Waals surface area contributed by atoms with Gasteiger partial charge in [-0.1, -0.05) is 61.9 Å². The number of benzene rings is 3. The van der Waals surface area contributed by atoms with Crippen LogP contribution >= 0.6 is 0 Å². The molecule has 3 aromatic carbocycles. The highest BCUT2D eigenvalue weighted by molar-refractivity contribution is 6.00. The molecule has 3 aromatic rings. The van der Waals surface area contributed by atoms with E-state index in [-0.39, 0.29) is 18.6 Å². The largest absolute Gasteiger partial charge is 0.454 e. The quantitative estimate of drug-likeness (QED) is 0.470. The van der Waals surface area contributed by atoms with E-state index in [1.807, 2.05) is 61.5 Å². The number of ether oxygens (including phenoxy) is 2. The Balaban J connectivity index is 1.49. The van der Waals surface area contributed by atoms with Crippen molar-refractivity contribution in [1.82, 2.24) is 5.32 Å². The van der Waals surface area contributed by atoms with Crippen LogP contribution in [0.3, 0.4) is 0 Å². The minimum atomic E-state index is -0.848. The third-order valence-electron chi connectivity index (χ3n) is 5.63. The molecule has 34 heavy (non-hydrogen) atoms. The summed E-state index contributed by atoms with van der Waals surface area (Å²) in [5, 5.41) is 5.75. The van der Waals surface area contributed by atoms with Crippen LogP contribution in [0.1, 0.15) is 48.1 Å². The molecule has 0 unspecified atom stereocenters. The van der Waals surface area contributed by atoms with Gasteiger partial charge in [0.05, 0.1) is 0 Å². The number of amides is 2. The van der Waals surface area contributed by atoms with Crippen LogP contribution in [0.5, 0.6) is 11.5 Å². The number of aryl methyl sites for hydroxylation is 1. The molecule has 0 bridgehead atoms. The number of carbonyl (C=O) groups excluding carboxylic acids is 2. The molecule has 0 saturated heterocycles. The van der Waals surface area contributed by atoms with Crippen LogP contribution in [-0.2, 0) is 9.59 Å². The lowest BCUT2D eigenvalue weighted by Crippen LogP contribution is -2.36. The lowest BCUT2D eigenvalue weighted by atomic mass is 10.0. The fraction of sp³-hybridized carbons (Fsp3) is 0.214. The zero-order valence-electron chi connectivity index (χ0n) is 19.5. The molecule has 0 aliphatic carbocycles. The first-order valence-electron chi connectivity index (χ1n) is 11.2. The van der Waals surface area contributed by atoms with Gasteiger partial charge in [0.15, 0.2) is 11.5 Å². The highest BCUT2D eigenvalue weighted by atomic mass is 16.7. The van der Waals surface area contributed by atoms with Crippen LogP contribution in [-0.4, -0.2) is 18.6 Å². The van der Waals surface area contributed by atoms with Crippen molar-refractivity contribution in [2.24, 2.45) is 0 Å². The van der Waals surface area contributed by atoms with Crippen molar-refractivity contribution in [2.75, 3.05) is 12.1 Å². The smallest absolute Gasteiger partial charge is 0.251 e. The van der Waals surface area contributed by atoms with Crippen molar-refractivity contribution in [3.63, 3.8) is 0 Å². The lowest BCUT2D eigenvalue weighted by Gasteiger charge is -2.19. The third kappa shape index (κ3) is 5.64. The topological polar surface area (TPSA) is 76.7 Å². The molecule has 1 aliphatic heterocycles. The van der Waals surface area contributed by atoms with Gasteiger partial charge in [-0.25, -0.2) is 0 Å². The molecule has 0 fully saturated rings. The van der Waals surface area contributed by atoms with E-state index >= 15 is 0 Å².